The van der Waals surface area contributed by atoms with Crippen molar-refractivity contribution in [3.63, 3.8) is 0 Å². The van der Waals surface area contributed by atoms with Crippen molar-refractivity contribution in [1.82, 2.24) is 15.0 Å². The normalized spacial score (nSPS) is 17.6. The van der Waals surface area contributed by atoms with Crippen molar-refractivity contribution >= 4 is 9.24 Å². The van der Waals surface area contributed by atoms with Crippen LogP contribution in [0.4, 0.5) is 0 Å². The molecule has 1 aromatic heterocycles. The van der Waals surface area contributed by atoms with Gasteiger partial charge in [0.1, 0.15) is 0 Å². The van der Waals surface area contributed by atoms with Gasteiger partial charge in [0, 0.05) is 12.1 Å². The first-order valence-corrected chi connectivity index (χ1v) is 8.70. The summed E-state index contributed by atoms with van der Waals surface area (Å²) < 4.78 is 2.01. The zero-order chi connectivity index (χ0) is 16.5. The highest BCUT2D eigenvalue weighted by atomic mass is 31.0. The van der Waals surface area contributed by atoms with Crippen LogP contribution in [-0.4, -0.2) is 15.0 Å². The molecule has 0 aliphatic rings. The Morgan fingerprint density at radius 2 is 1.76 bits per heavy atom. The van der Waals surface area contributed by atoms with Crippen LogP contribution >= 0.6 is 9.24 Å². The molecule has 0 aliphatic carbocycles. The molecule has 0 saturated carbocycles. The SMILES string of the molecule is CCCC(C)(P)n1cc(C(C)CC(C)(C)C(C)(C)C)nn1. The Labute approximate surface area is 133 Å². The van der Waals surface area contributed by atoms with Gasteiger partial charge in [-0.1, -0.05) is 60.1 Å². The molecular weight excluding hydrogens is 277 g/mol. The first-order valence-electron chi connectivity index (χ1n) is 8.12. The van der Waals surface area contributed by atoms with Gasteiger partial charge in [0.2, 0.25) is 0 Å². The van der Waals surface area contributed by atoms with Crippen molar-refractivity contribution in [3.8, 4) is 0 Å². The van der Waals surface area contributed by atoms with Crippen LogP contribution in [0.15, 0.2) is 6.20 Å². The van der Waals surface area contributed by atoms with E-state index in [9.17, 15) is 0 Å². The average molecular weight is 311 g/mol. The van der Waals surface area contributed by atoms with Crippen LogP contribution in [0.2, 0.25) is 0 Å². The van der Waals surface area contributed by atoms with E-state index >= 15 is 0 Å². The van der Waals surface area contributed by atoms with Crippen LogP contribution in [0.3, 0.4) is 0 Å². The molecule has 1 aromatic rings. The molecule has 0 spiro atoms. The smallest absolute Gasteiger partial charge is 0.0855 e. The lowest BCUT2D eigenvalue weighted by Crippen LogP contribution is -2.31. The predicted octanol–water partition coefficient (Wildman–Crippen LogP) is 5.19. The van der Waals surface area contributed by atoms with Crippen LogP contribution in [0.25, 0.3) is 0 Å². The second-order valence-electron chi connectivity index (χ2n) is 8.43. The third-order valence-corrected chi connectivity index (χ3v) is 5.70. The summed E-state index contributed by atoms with van der Waals surface area (Å²) in [7, 11) is 2.92. The quantitative estimate of drug-likeness (QED) is 0.677. The van der Waals surface area contributed by atoms with Gasteiger partial charge >= 0.3 is 0 Å². The molecular formula is C17H34N3P. The van der Waals surface area contributed by atoms with Gasteiger partial charge in [0.25, 0.3) is 0 Å². The van der Waals surface area contributed by atoms with E-state index in [1.165, 1.54) is 0 Å². The molecule has 1 rings (SSSR count). The lowest BCUT2D eigenvalue weighted by Gasteiger charge is -2.40. The summed E-state index contributed by atoms with van der Waals surface area (Å²) in [6, 6.07) is 0. The Hall–Kier alpha value is -0.430. The summed E-state index contributed by atoms with van der Waals surface area (Å²) in [6.07, 6.45) is 5.48. The molecule has 1 heterocycles. The molecule has 0 saturated heterocycles. The maximum absolute atomic E-state index is 4.43. The van der Waals surface area contributed by atoms with Crippen molar-refractivity contribution in [2.45, 2.75) is 85.9 Å². The summed E-state index contributed by atoms with van der Waals surface area (Å²) in [5.41, 5.74) is 1.66. The molecule has 122 valence electrons. The maximum atomic E-state index is 4.43. The highest BCUT2D eigenvalue weighted by Gasteiger charge is 2.35. The number of rotatable bonds is 6. The van der Waals surface area contributed by atoms with Crippen LogP contribution in [0.5, 0.6) is 0 Å². The van der Waals surface area contributed by atoms with Gasteiger partial charge in [-0.3, -0.25) is 0 Å². The van der Waals surface area contributed by atoms with Crippen LogP contribution in [-0.2, 0) is 5.28 Å². The molecule has 0 fully saturated rings. The molecule has 0 aromatic carbocycles. The van der Waals surface area contributed by atoms with E-state index in [2.05, 4.69) is 81.1 Å². The minimum absolute atomic E-state index is 0.0285. The highest BCUT2D eigenvalue weighted by molar-refractivity contribution is 7.17. The fraction of sp³-hybridized carbons (Fsp3) is 0.882. The number of hydrogen-bond acceptors (Lipinski definition) is 2. The minimum atomic E-state index is -0.0285. The van der Waals surface area contributed by atoms with Crippen LogP contribution < -0.4 is 0 Å². The molecule has 0 aliphatic heterocycles. The summed E-state index contributed by atoms with van der Waals surface area (Å²) in [5.74, 6) is 0.426. The van der Waals surface area contributed by atoms with E-state index < -0.39 is 0 Å². The second-order valence-corrected chi connectivity index (χ2v) is 9.68. The lowest BCUT2D eigenvalue weighted by molar-refractivity contribution is 0.111. The number of hydrogen-bond donors (Lipinski definition) is 0. The summed E-state index contributed by atoms with van der Waals surface area (Å²) in [4.78, 5) is 0. The van der Waals surface area contributed by atoms with Crippen molar-refractivity contribution in [2.24, 2.45) is 10.8 Å². The monoisotopic (exact) mass is 311 g/mol. The molecule has 3 atom stereocenters. The molecule has 0 N–H and O–H groups in total. The van der Waals surface area contributed by atoms with E-state index in [0.717, 1.165) is 25.0 Å². The fourth-order valence-corrected chi connectivity index (χ4v) is 2.96. The van der Waals surface area contributed by atoms with Crippen molar-refractivity contribution in [1.29, 1.82) is 0 Å². The first-order chi connectivity index (χ1) is 9.40. The minimum Gasteiger partial charge on any atom is -0.243 e. The van der Waals surface area contributed by atoms with Crippen molar-refractivity contribution in [3.05, 3.63) is 11.9 Å². The molecule has 3 nitrogen and oxygen atoms in total. The van der Waals surface area contributed by atoms with E-state index in [1.807, 2.05) is 4.68 Å². The highest BCUT2D eigenvalue weighted by Crippen LogP contribution is 2.44. The third-order valence-electron chi connectivity index (χ3n) is 5.14. The van der Waals surface area contributed by atoms with Crippen LogP contribution in [0, 0.1) is 10.8 Å². The summed E-state index contributed by atoms with van der Waals surface area (Å²) in [6.45, 7) is 18.3. The molecule has 4 heteroatoms. The Kier molecular flexibility index (Phi) is 5.64. The Morgan fingerprint density at radius 3 is 2.24 bits per heavy atom. The number of aromatic nitrogens is 3. The van der Waals surface area contributed by atoms with Crippen LogP contribution in [0.1, 0.15) is 86.3 Å². The Morgan fingerprint density at radius 1 is 1.19 bits per heavy atom. The maximum Gasteiger partial charge on any atom is 0.0855 e. The van der Waals surface area contributed by atoms with Gasteiger partial charge in [0.05, 0.1) is 11.0 Å². The van der Waals surface area contributed by atoms with Gasteiger partial charge in [0.15, 0.2) is 0 Å². The summed E-state index contributed by atoms with van der Waals surface area (Å²) in [5, 5.41) is 8.77. The zero-order valence-corrected chi connectivity index (χ0v) is 16.3. The predicted molar refractivity (Wildman–Crippen MR) is 94.6 cm³/mol. The van der Waals surface area contributed by atoms with Crippen molar-refractivity contribution < 1.29 is 0 Å². The van der Waals surface area contributed by atoms with Gasteiger partial charge in [-0.15, -0.1) is 14.3 Å². The average Bonchev–Trinajstić information content (AvgIpc) is 2.76. The van der Waals surface area contributed by atoms with Gasteiger partial charge in [-0.2, -0.15) is 0 Å². The van der Waals surface area contributed by atoms with Gasteiger partial charge in [-0.05, 0) is 30.6 Å². The van der Waals surface area contributed by atoms with Gasteiger partial charge < -0.3 is 0 Å². The van der Waals surface area contributed by atoms with E-state index in [-0.39, 0.29) is 16.1 Å². The molecule has 21 heavy (non-hydrogen) atoms. The first kappa shape index (κ1) is 18.6. The standard InChI is InChI=1S/C17H34N3P/c1-9-10-17(8,21)20-12-14(18-19-20)13(2)11-16(6,7)15(3,4)5/h12-13H,9-11,21H2,1-8H3. The zero-order valence-electron chi connectivity index (χ0n) is 15.2. The lowest BCUT2D eigenvalue weighted by atomic mass is 9.65. The Bertz CT molecular complexity index is 455. The van der Waals surface area contributed by atoms with E-state index in [0.29, 0.717) is 5.92 Å². The van der Waals surface area contributed by atoms with E-state index in [1.54, 1.807) is 0 Å². The largest absolute Gasteiger partial charge is 0.243 e. The molecule has 0 amide bonds. The Balaban J connectivity index is 2.86. The topological polar surface area (TPSA) is 30.7 Å². The second kappa shape index (κ2) is 6.36. The third kappa shape index (κ3) is 4.52. The summed E-state index contributed by atoms with van der Waals surface area (Å²) >= 11 is 0. The number of nitrogens with zero attached hydrogens (tertiary/aromatic N) is 3. The molecule has 0 radical (unpaired) electrons. The molecule has 3 unspecified atom stereocenters. The van der Waals surface area contributed by atoms with E-state index in [4.69, 9.17) is 0 Å². The van der Waals surface area contributed by atoms with Crippen molar-refractivity contribution in [2.75, 3.05) is 0 Å². The molecule has 0 bridgehead atoms. The fourth-order valence-electron chi connectivity index (χ4n) is 2.55. The van der Waals surface area contributed by atoms with Gasteiger partial charge in [-0.25, -0.2) is 4.68 Å².